The van der Waals surface area contributed by atoms with Crippen LogP contribution in [0.4, 0.5) is 5.69 Å². The number of nitrogens with one attached hydrogen (secondary N) is 1. The van der Waals surface area contributed by atoms with Gasteiger partial charge in [-0.05, 0) is 36.2 Å². The van der Waals surface area contributed by atoms with E-state index in [1.807, 2.05) is 24.3 Å². The fourth-order valence-corrected chi connectivity index (χ4v) is 2.88. The molecule has 0 saturated heterocycles. The van der Waals surface area contributed by atoms with E-state index >= 15 is 0 Å². The van der Waals surface area contributed by atoms with E-state index in [0.717, 1.165) is 17.7 Å². The van der Waals surface area contributed by atoms with Crippen LogP contribution in [0.15, 0.2) is 36.4 Å². The van der Waals surface area contributed by atoms with Gasteiger partial charge in [-0.1, -0.05) is 65.5 Å². The molecule has 2 aromatic carbocycles. The summed E-state index contributed by atoms with van der Waals surface area (Å²) in [5, 5.41) is 5.66. The maximum atomic E-state index is 6.26. The number of rotatable bonds is 4. The predicted molar refractivity (Wildman–Crippen MR) is 89.6 cm³/mol. The monoisotopic (exact) mass is 347 g/mol. The highest BCUT2D eigenvalue weighted by molar-refractivity contribution is 6.43. The van der Waals surface area contributed by atoms with Gasteiger partial charge in [0.15, 0.2) is 0 Å². The lowest BCUT2D eigenvalue weighted by Crippen LogP contribution is -2.10. The highest BCUT2D eigenvalue weighted by atomic mass is 35.5. The van der Waals surface area contributed by atoms with E-state index in [-0.39, 0.29) is 6.04 Å². The van der Waals surface area contributed by atoms with Crippen molar-refractivity contribution >= 4 is 52.1 Å². The van der Waals surface area contributed by atoms with E-state index in [0.29, 0.717) is 20.1 Å². The molecule has 0 bridgehead atoms. The predicted octanol–water partition coefficient (Wildman–Crippen LogP) is 6.86. The quantitative estimate of drug-likeness (QED) is 0.636. The van der Waals surface area contributed by atoms with Gasteiger partial charge in [0.2, 0.25) is 0 Å². The summed E-state index contributed by atoms with van der Waals surface area (Å²) in [5.74, 6) is 0. The molecule has 0 heterocycles. The zero-order valence-electron chi connectivity index (χ0n) is 10.8. The van der Waals surface area contributed by atoms with Gasteiger partial charge in [-0.15, -0.1) is 0 Å². The smallest absolute Gasteiger partial charge is 0.0823 e. The van der Waals surface area contributed by atoms with E-state index in [1.165, 1.54) is 0 Å². The summed E-state index contributed by atoms with van der Waals surface area (Å²) in [6.07, 6.45) is 0.851. The zero-order chi connectivity index (χ0) is 14.7. The Morgan fingerprint density at radius 1 is 1.00 bits per heavy atom. The molecule has 106 valence electrons. The van der Waals surface area contributed by atoms with Crippen LogP contribution in [0.25, 0.3) is 0 Å². The van der Waals surface area contributed by atoms with Gasteiger partial charge < -0.3 is 5.32 Å². The van der Waals surface area contributed by atoms with Gasteiger partial charge >= 0.3 is 0 Å². The Kier molecular flexibility index (Phi) is 5.45. The fraction of sp³-hybridized carbons (Fsp3) is 0.200. The maximum Gasteiger partial charge on any atom is 0.0823 e. The molecule has 1 atom stereocenters. The molecule has 0 amide bonds. The number of halogens is 4. The summed E-state index contributed by atoms with van der Waals surface area (Å²) in [5.41, 5.74) is 1.77. The van der Waals surface area contributed by atoms with E-state index in [4.69, 9.17) is 46.4 Å². The number of anilines is 1. The van der Waals surface area contributed by atoms with Crippen molar-refractivity contribution in [1.29, 1.82) is 0 Å². The highest BCUT2D eigenvalue weighted by Crippen LogP contribution is 2.35. The molecule has 2 aromatic rings. The van der Waals surface area contributed by atoms with E-state index in [1.54, 1.807) is 12.1 Å². The average Bonchev–Trinajstić information content (AvgIpc) is 2.41. The lowest BCUT2D eigenvalue weighted by molar-refractivity contribution is 0.750. The molecule has 0 aliphatic rings. The Morgan fingerprint density at radius 3 is 2.40 bits per heavy atom. The van der Waals surface area contributed by atoms with Gasteiger partial charge in [-0.25, -0.2) is 0 Å². The minimum Gasteiger partial charge on any atom is -0.377 e. The van der Waals surface area contributed by atoms with Crippen molar-refractivity contribution in [3.8, 4) is 0 Å². The zero-order valence-corrected chi connectivity index (χ0v) is 13.8. The normalized spacial score (nSPS) is 12.2. The molecule has 5 heteroatoms. The van der Waals surface area contributed by atoms with Crippen molar-refractivity contribution in [3.05, 3.63) is 62.1 Å². The summed E-state index contributed by atoms with van der Waals surface area (Å²) in [7, 11) is 0. The lowest BCUT2D eigenvalue weighted by Gasteiger charge is -2.21. The first kappa shape index (κ1) is 15.8. The standard InChI is InChI=1S/C15H13Cl4N/c1-2-13(10-7-6-9(16)8-12(10)18)20-14-5-3-4-11(17)15(14)19/h3-8,13,20H,2H2,1H3. The Balaban J connectivity index is 2.31. The summed E-state index contributed by atoms with van der Waals surface area (Å²) in [6.45, 7) is 2.07. The summed E-state index contributed by atoms with van der Waals surface area (Å²) < 4.78 is 0. The first-order valence-electron chi connectivity index (χ1n) is 6.18. The lowest BCUT2D eigenvalue weighted by atomic mass is 10.0. The summed E-state index contributed by atoms with van der Waals surface area (Å²) >= 11 is 24.4. The van der Waals surface area contributed by atoms with Crippen LogP contribution >= 0.6 is 46.4 Å². The molecule has 20 heavy (non-hydrogen) atoms. The Labute approximate surface area is 138 Å². The van der Waals surface area contributed by atoms with Crippen LogP contribution in [0.5, 0.6) is 0 Å². The van der Waals surface area contributed by atoms with Crippen molar-refractivity contribution in [2.24, 2.45) is 0 Å². The molecule has 0 saturated carbocycles. The molecule has 0 radical (unpaired) electrons. The molecule has 0 aromatic heterocycles. The highest BCUT2D eigenvalue weighted by Gasteiger charge is 2.15. The SMILES string of the molecule is CCC(Nc1cccc(Cl)c1Cl)c1ccc(Cl)cc1Cl. The molecule has 0 spiro atoms. The van der Waals surface area contributed by atoms with Gasteiger partial charge in [-0.2, -0.15) is 0 Å². The number of hydrogen-bond donors (Lipinski definition) is 1. The van der Waals surface area contributed by atoms with Crippen molar-refractivity contribution in [2.45, 2.75) is 19.4 Å². The Morgan fingerprint density at radius 2 is 1.75 bits per heavy atom. The second kappa shape index (κ2) is 6.91. The van der Waals surface area contributed by atoms with Crippen LogP contribution in [0.2, 0.25) is 20.1 Å². The third-order valence-electron chi connectivity index (χ3n) is 3.03. The van der Waals surface area contributed by atoms with Crippen LogP contribution in [0.1, 0.15) is 24.9 Å². The van der Waals surface area contributed by atoms with Crippen molar-refractivity contribution in [1.82, 2.24) is 0 Å². The van der Waals surface area contributed by atoms with Crippen molar-refractivity contribution in [3.63, 3.8) is 0 Å². The molecular weight excluding hydrogens is 336 g/mol. The third-order valence-corrected chi connectivity index (χ3v) is 4.41. The Bertz CT molecular complexity index is 613. The molecule has 0 aliphatic heterocycles. The molecule has 1 unspecified atom stereocenters. The van der Waals surface area contributed by atoms with Gasteiger partial charge in [0.05, 0.1) is 21.8 Å². The molecule has 1 N–H and O–H groups in total. The minimum absolute atomic E-state index is 0.0377. The van der Waals surface area contributed by atoms with Crippen LogP contribution in [-0.2, 0) is 0 Å². The second-order valence-corrected chi connectivity index (χ2v) is 6.00. The largest absolute Gasteiger partial charge is 0.377 e. The van der Waals surface area contributed by atoms with E-state index in [2.05, 4.69) is 12.2 Å². The fourth-order valence-electron chi connectivity index (χ4n) is 1.99. The molecule has 0 fully saturated rings. The number of hydrogen-bond acceptors (Lipinski definition) is 1. The van der Waals surface area contributed by atoms with Crippen LogP contribution in [-0.4, -0.2) is 0 Å². The van der Waals surface area contributed by atoms with Crippen LogP contribution in [0, 0.1) is 0 Å². The van der Waals surface area contributed by atoms with Gasteiger partial charge in [-0.3, -0.25) is 0 Å². The molecule has 1 nitrogen and oxygen atoms in total. The van der Waals surface area contributed by atoms with Gasteiger partial charge in [0.25, 0.3) is 0 Å². The molecular formula is C15H13Cl4N. The van der Waals surface area contributed by atoms with Crippen LogP contribution in [0.3, 0.4) is 0 Å². The van der Waals surface area contributed by atoms with Crippen molar-refractivity contribution < 1.29 is 0 Å². The first-order chi connectivity index (χ1) is 9.52. The van der Waals surface area contributed by atoms with Gasteiger partial charge in [0, 0.05) is 10.0 Å². The Hall–Kier alpha value is -0.600. The second-order valence-electron chi connectivity index (χ2n) is 4.37. The summed E-state index contributed by atoms with van der Waals surface area (Å²) in [6, 6.07) is 11.0. The minimum atomic E-state index is 0.0377. The average molecular weight is 349 g/mol. The van der Waals surface area contributed by atoms with E-state index < -0.39 is 0 Å². The maximum absolute atomic E-state index is 6.26. The molecule has 0 aliphatic carbocycles. The topological polar surface area (TPSA) is 12.0 Å². The first-order valence-corrected chi connectivity index (χ1v) is 7.69. The van der Waals surface area contributed by atoms with Crippen molar-refractivity contribution in [2.75, 3.05) is 5.32 Å². The molecule has 2 rings (SSSR count). The van der Waals surface area contributed by atoms with E-state index in [9.17, 15) is 0 Å². The summed E-state index contributed by atoms with van der Waals surface area (Å²) in [4.78, 5) is 0. The van der Waals surface area contributed by atoms with Gasteiger partial charge in [0.1, 0.15) is 0 Å². The number of benzene rings is 2. The van der Waals surface area contributed by atoms with Crippen LogP contribution < -0.4 is 5.32 Å². The third kappa shape index (κ3) is 3.53.